The van der Waals surface area contributed by atoms with E-state index in [0.29, 0.717) is 19.0 Å². The van der Waals surface area contributed by atoms with Crippen LogP contribution in [0.3, 0.4) is 0 Å². The highest BCUT2D eigenvalue weighted by Gasteiger charge is 2.19. The lowest BCUT2D eigenvalue weighted by atomic mass is 10.1. The van der Waals surface area contributed by atoms with E-state index in [9.17, 15) is 4.79 Å². The molecule has 2 rings (SSSR count). The molecular formula is C15H26N4OS. The molecule has 6 heteroatoms. The van der Waals surface area contributed by atoms with Gasteiger partial charge >= 0.3 is 0 Å². The Labute approximate surface area is 131 Å². The van der Waals surface area contributed by atoms with E-state index < -0.39 is 0 Å². The third kappa shape index (κ3) is 5.73. The average molecular weight is 310 g/mol. The van der Waals surface area contributed by atoms with Crippen molar-refractivity contribution in [3.8, 4) is 0 Å². The van der Waals surface area contributed by atoms with Crippen LogP contribution < -0.4 is 5.32 Å². The monoisotopic (exact) mass is 310 g/mol. The molecule has 1 fully saturated rings. The van der Waals surface area contributed by atoms with Gasteiger partial charge < -0.3 is 10.2 Å². The number of aromatic nitrogens is 1. The number of hydrogen-bond donors (Lipinski definition) is 1. The second-order valence-corrected chi connectivity index (χ2v) is 6.73. The van der Waals surface area contributed by atoms with E-state index in [1.807, 2.05) is 5.38 Å². The first kappa shape index (κ1) is 16.4. The number of thiazole rings is 1. The molecule has 118 valence electrons. The highest BCUT2D eigenvalue weighted by Crippen LogP contribution is 2.10. The summed E-state index contributed by atoms with van der Waals surface area (Å²) in [6.45, 7) is 7.41. The molecule has 2 heterocycles. The fourth-order valence-electron chi connectivity index (χ4n) is 2.56. The Morgan fingerprint density at radius 1 is 1.43 bits per heavy atom. The molecule has 0 aliphatic carbocycles. The Hall–Kier alpha value is -0.980. The molecule has 1 aromatic rings. The van der Waals surface area contributed by atoms with Crippen LogP contribution in [0.15, 0.2) is 11.6 Å². The molecule has 1 amide bonds. The predicted molar refractivity (Wildman–Crippen MR) is 86.6 cm³/mol. The van der Waals surface area contributed by atoms with Gasteiger partial charge in [0.1, 0.15) is 0 Å². The summed E-state index contributed by atoms with van der Waals surface area (Å²) in [6, 6.07) is 0.489. The van der Waals surface area contributed by atoms with Crippen LogP contribution >= 0.6 is 11.3 Å². The van der Waals surface area contributed by atoms with Gasteiger partial charge in [0.05, 0.1) is 5.01 Å². The number of likely N-dealkylation sites (N-methyl/N-ethyl adjacent to an activating group) is 1. The van der Waals surface area contributed by atoms with Crippen LogP contribution in [0, 0.1) is 0 Å². The van der Waals surface area contributed by atoms with E-state index in [1.165, 1.54) is 0 Å². The minimum absolute atomic E-state index is 0.160. The summed E-state index contributed by atoms with van der Waals surface area (Å²) in [5.41, 5.74) is 0. The third-order valence-corrected chi connectivity index (χ3v) is 4.93. The van der Waals surface area contributed by atoms with Crippen molar-refractivity contribution in [1.29, 1.82) is 0 Å². The maximum atomic E-state index is 11.9. The summed E-state index contributed by atoms with van der Waals surface area (Å²) in [5.74, 6) is 0.160. The van der Waals surface area contributed by atoms with Gasteiger partial charge in [-0.2, -0.15) is 0 Å². The largest absolute Gasteiger partial charge is 0.356 e. The topological polar surface area (TPSA) is 48.5 Å². The lowest BCUT2D eigenvalue weighted by Gasteiger charge is -2.36. The molecule has 0 spiro atoms. The molecule has 0 aromatic carbocycles. The van der Waals surface area contributed by atoms with Gasteiger partial charge in [-0.25, -0.2) is 4.98 Å². The zero-order valence-electron chi connectivity index (χ0n) is 13.0. The maximum absolute atomic E-state index is 11.9. The minimum atomic E-state index is 0.160. The first-order chi connectivity index (χ1) is 10.1. The van der Waals surface area contributed by atoms with Crippen molar-refractivity contribution < 1.29 is 4.79 Å². The number of hydrogen-bond acceptors (Lipinski definition) is 5. The molecule has 0 saturated carbocycles. The zero-order chi connectivity index (χ0) is 15.1. The molecule has 1 saturated heterocycles. The molecule has 1 atom stereocenters. The molecule has 1 aliphatic heterocycles. The number of carbonyl (C=O) groups is 1. The summed E-state index contributed by atoms with van der Waals surface area (Å²) in [7, 11) is 2.16. The lowest BCUT2D eigenvalue weighted by Crippen LogP contribution is -2.48. The van der Waals surface area contributed by atoms with Gasteiger partial charge in [-0.1, -0.05) is 0 Å². The molecular weight excluding hydrogens is 284 g/mol. The Morgan fingerprint density at radius 2 is 2.19 bits per heavy atom. The van der Waals surface area contributed by atoms with Crippen LogP contribution in [0.5, 0.6) is 0 Å². The Kier molecular flexibility index (Phi) is 6.60. The summed E-state index contributed by atoms with van der Waals surface area (Å²) in [4.78, 5) is 20.9. The molecule has 0 bridgehead atoms. The number of rotatable bonds is 7. The number of amides is 1. The second kappa shape index (κ2) is 8.46. The van der Waals surface area contributed by atoms with Gasteiger partial charge in [-0.05, 0) is 20.4 Å². The third-order valence-electron chi connectivity index (χ3n) is 4.09. The fraction of sp³-hybridized carbons (Fsp3) is 0.733. The van der Waals surface area contributed by atoms with Gasteiger partial charge in [0.2, 0.25) is 5.91 Å². The van der Waals surface area contributed by atoms with Crippen LogP contribution in [-0.4, -0.2) is 66.5 Å². The van der Waals surface area contributed by atoms with E-state index in [0.717, 1.165) is 44.0 Å². The number of nitrogens with zero attached hydrogens (tertiary/aromatic N) is 3. The molecule has 0 radical (unpaired) electrons. The first-order valence-electron chi connectivity index (χ1n) is 7.73. The summed E-state index contributed by atoms with van der Waals surface area (Å²) < 4.78 is 0. The van der Waals surface area contributed by atoms with Crippen LogP contribution in [0.1, 0.15) is 24.8 Å². The molecule has 1 aliphatic rings. The van der Waals surface area contributed by atoms with Crippen LogP contribution in [-0.2, 0) is 11.2 Å². The van der Waals surface area contributed by atoms with E-state index in [-0.39, 0.29) is 5.91 Å². The summed E-state index contributed by atoms with van der Waals surface area (Å²) in [5, 5.41) is 6.04. The van der Waals surface area contributed by atoms with Crippen molar-refractivity contribution in [2.45, 2.75) is 32.2 Å². The Morgan fingerprint density at radius 3 is 2.86 bits per heavy atom. The van der Waals surface area contributed by atoms with E-state index in [2.05, 4.69) is 34.1 Å². The fourth-order valence-corrected chi connectivity index (χ4v) is 3.18. The standard InChI is InChI=1S/C15H26N4OS/c1-13(19-10-8-18(2)9-11-19)3-4-14(20)16-6-5-15-17-7-12-21-15/h7,12-13H,3-6,8-11H2,1-2H3,(H,16,20)/t13-/m0/s1. The number of piperazine rings is 1. The molecule has 1 N–H and O–H groups in total. The van der Waals surface area contributed by atoms with Gasteiger partial charge in [-0.3, -0.25) is 9.69 Å². The van der Waals surface area contributed by atoms with Crippen molar-refractivity contribution in [2.24, 2.45) is 0 Å². The quantitative estimate of drug-likeness (QED) is 0.823. The average Bonchev–Trinajstić information content (AvgIpc) is 2.99. The van der Waals surface area contributed by atoms with E-state index >= 15 is 0 Å². The molecule has 5 nitrogen and oxygen atoms in total. The van der Waals surface area contributed by atoms with Crippen molar-refractivity contribution >= 4 is 17.2 Å². The highest BCUT2D eigenvalue weighted by molar-refractivity contribution is 7.09. The SMILES string of the molecule is C[C@@H](CCC(=O)NCCc1nccs1)N1CCN(C)CC1. The van der Waals surface area contributed by atoms with Gasteiger partial charge in [0, 0.05) is 63.2 Å². The highest BCUT2D eigenvalue weighted by atomic mass is 32.1. The van der Waals surface area contributed by atoms with Crippen molar-refractivity contribution in [1.82, 2.24) is 20.1 Å². The Balaban J connectivity index is 1.57. The van der Waals surface area contributed by atoms with Gasteiger partial charge in [0.25, 0.3) is 0 Å². The first-order valence-corrected chi connectivity index (χ1v) is 8.61. The number of carbonyl (C=O) groups excluding carboxylic acids is 1. The maximum Gasteiger partial charge on any atom is 0.220 e. The second-order valence-electron chi connectivity index (χ2n) is 5.75. The minimum Gasteiger partial charge on any atom is -0.356 e. The summed E-state index contributed by atoms with van der Waals surface area (Å²) in [6.07, 6.45) is 4.19. The Bertz CT molecular complexity index is 415. The normalized spacial score (nSPS) is 18.6. The van der Waals surface area contributed by atoms with E-state index in [4.69, 9.17) is 0 Å². The zero-order valence-corrected chi connectivity index (χ0v) is 13.9. The van der Waals surface area contributed by atoms with Crippen molar-refractivity contribution in [2.75, 3.05) is 39.8 Å². The number of nitrogens with one attached hydrogen (secondary N) is 1. The van der Waals surface area contributed by atoms with Crippen molar-refractivity contribution in [3.05, 3.63) is 16.6 Å². The molecule has 21 heavy (non-hydrogen) atoms. The van der Waals surface area contributed by atoms with Crippen LogP contribution in [0.25, 0.3) is 0 Å². The van der Waals surface area contributed by atoms with Crippen molar-refractivity contribution in [3.63, 3.8) is 0 Å². The molecule has 1 aromatic heterocycles. The van der Waals surface area contributed by atoms with E-state index in [1.54, 1.807) is 17.5 Å². The van der Waals surface area contributed by atoms with Gasteiger partial charge in [-0.15, -0.1) is 11.3 Å². The van der Waals surface area contributed by atoms with Crippen LogP contribution in [0.2, 0.25) is 0 Å². The van der Waals surface area contributed by atoms with Crippen LogP contribution in [0.4, 0.5) is 0 Å². The predicted octanol–water partition coefficient (Wildman–Crippen LogP) is 1.22. The smallest absolute Gasteiger partial charge is 0.220 e. The lowest BCUT2D eigenvalue weighted by molar-refractivity contribution is -0.121. The van der Waals surface area contributed by atoms with Gasteiger partial charge in [0.15, 0.2) is 0 Å². The summed E-state index contributed by atoms with van der Waals surface area (Å²) >= 11 is 1.64. The molecule has 0 unspecified atom stereocenters.